The van der Waals surface area contributed by atoms with Gasteiger partial charge in [0.25, 0.3) is 10.0 Å². The van der Waals surface area contributed by atoms with Crippen LogP contribution >= 0.6 is 34.5 Å². The van der Waals surface area contributed by atoms with Crippen molar-refractivity contribution in [2.24, 2.45) is 0 Å². The van der Waals surface area contributed by atoms with Gasteiger partial charge < -0.3 is 19.7 Å². The van der Waals surface area contributed by atoms with Crippen LogP contribution in [0.5, 0.6) is 5.75 Å². The number of aliphatic hydroxyl groups is 1. The number of ether oxygens (including phenoxy) is 2. The molecular formula is C15H15Cl2NO7S2. The van der Waals surface area contributed by atoms with Gasteiger partial charge in [0.2, 0.25) is 0 Å². The third-order valence-electron chi connectivity index (χ3n) is 3.08. The minimum atomic E-state index is -4.02. The molecule has 148 valence electrons. The molecule has 8 nitrogen and oxygen atoms in total. The molecule has 2 aromatic rings. The molecule has 0 spiro atoms. The molecule has 0 radical (unpaired) electrons. The number of nitrogens with one attached hydrogen (secondary N) is 1. The van der Waals surface area contributed by atoms with E-state index in [4.69, 9.17) is 37.8 Å². The van der Waals surface area contributed by atoms with E-state index in [9.17, 15) is 18.3 Å². The van der Waals surface area contributed by atoms with E-state index in [1.807, 2.05) is 0 Å². The number of anilines is 1. The van der Waals surface area contributed by atoms with Gasteiger partial charge in [-0.05, 0) is 18.2 Å². The fraction of sp³-hybridized carbons (Fsp3) is 0.267. The lowest BCUT2D eigenvalue weighted by molar-refractivity contribution is 0.0256. The minimum absolute atomic E-state index is 0.000312. The molecule has 1 aromatic heterocycles. The number of sulfonamides is 1. The first-order valence-electron chi connectivity index (χ1n) is 7.41. The Kier molecular flexibility index (Phi) is 7.71. The van der Waals surface area contributed by atoms with E-state index >= 15 is 0 Å². The molecule has 0 atom stereocenters. The van der Waals surface area contributed by atoms with E-state index in [-0.39, 0.29) is 51.2 Å². The Labute approximate surface area is 169 Å². The summed E-state index contributed by atoms with van der Waals surface area (Å²) in [5.74, 6) is -1.27. The summed E-state index contributed by atoms with van der Waals surface area (Å²) in [6.45, 7) is 0.00484. The van der Waals surface area contributed by atoms with Gasteiger partial charge in [-0.25, -0.2) is 13.2 Å². The zero-order valence-corrected chi connectivity index (χ0v) is 16.8. The second-order valence-electron chi connectivity index (χ2n) is 5.00. The molecule has 12 heteroatoms. The van der Waals surface area contributed by atoms with E-state index in [0.717, 1.165) is 17.4 Å². The first-order valence-corrected chi connectivity index (χ1v) is 10.5. The molecule has 1 heterocycles. The number of hydrogen-bond donors (Lipinski definition) is 3. The molecule has 0 fully saturated rings. The summed E-state index contributed by atoms with van der Waals surface area (Å²) in [5, 5.41) is 18.5. The molecule has 0 unspecified atom stereocenters. The lowest BCUT2D eigenvalue weighted by atomic mass is 10.2. The number of aromatic hydroxyl groups is 1. The van der Waals surface area contributed by atoms with Gasteiger partial charge in [0.05, 0.1) is 29.8 Å². The van der Waals surface area contributed by atoms with E-state index in [2.05, 4.69) is 4.72 Å². The van der Waals surface area contributed by atoms with Crippen molar-refractivity contribution >= 4 is 56.2 Å². The van der Waals surface area contributed by atoms with Crippen LogP contribution in [0.15, 0.2) is 29.2 Å². The number of carbonyl (C=O) groups excluding carboxylic acids is 1. The van der Waals surface area contributed by atoms with Gasteiger partial charge >= 0.3 is 5.97 Å². The van der Waals surface area contributed by atoms with Crippen LogP contribution in [-0.4, -0.2) is 51.0 Å². The lowest BCUT2D eigenvalue weighted by Crippen LogP contribution is -2.14. The summed E-state index contributed by atoms with van der Waals surface area (Å²) >= 11 is 12.5. The van der Waals surface area contributed by atoms with Gasteiger partial charge in [-0.2, -0.15) is 0 Å². The number of thiophene rings is 1. The van der Waals surface area contributed by atoms with Crippen molar-refractivity contribution < 1.29 is 32.9 Å². The number of halogens is 2. The Morgan fingerprint density at radius 1 is 1.19 bits per heavy atom. The summed E-state index contributed by atoms with van der Waals surface area (Å²) in [5.41, 5.74) is -0.120. The van der Waals surface area contributed by atoms with Crippen molar-refractivity contribution in [1.29, 1.82) is 0 Å². The lowest BCUT2D eigenvalue weighted by Gasteiger charge is -2.10. The fourth-order valence-electron chi connectivity index (χ4n) is 1.92. The van der Waals surface area contributed by atoms with Crippen LogP contribution in [0.25, 0.3) is 0 Å². The monoisotopic (exact) mass is 455 g/mol. The van der Waals surface area contributed by atoms with Crippen molar-refractivity contribution in [3.05, 3.63) is 38.5 Å². The molecule has 27 heavy (non-hydrogen) atoms. The normalized spacial score (nSPS) is 11.4. The largest absolute Gasteiger partial charge is 0.507 e. The third-order valence-corrected chi connectivity index (χ3v) is 6.22. The number of phenolic OH excluding ortho intramolecular Hbond substituents is 1. The average molecular weight is 456 g/mol. The Morgan fingerprint density at radius 3 is 2.52 bits per heavy atom. The number of rotatable bonds is 9. The number of aliphatic hydroxyl groups excluding tert-OH is 1. The number of benzene rings is 1. The van der Waals surface area contributed by atoms with Crippen LogP contribution in [0.1, 0.15) is 10.4 Å². The average Bonchev–Trinajstić information content (AvgIpc) is 2.93. The molecule has 3 N–H and O–H groups in total. The maximum atomic E-state index is 12.3. The van der Waals surface area contributed by atoms with Crippen LogP contribution in [0.4, 0.5) is 5.69 Å². The van der Waals surface area contributed by atoms with Crippen LogP contribution < -0.4 is 4.72 Å². The van der Waals surface area contributed by atoms with E-state index in [1.54, 1.807) is 0 Å². The number of phenols is 1. The van der Waals surface area contributed by atoms with Gasteiger partial charge in [-0.3, -0.25) is 4.72 Å². The summed E-state index contributed by atoms with van der Waals surface area (Å²) in [4.78, 5) is 11.7. The summed E-state index contributed by atoms with van der Waals surface area (Å²) in [6, 6.07) is 4.78. The van der Waals surface area contributed by atoms with E-state index in [1.165, 1.54) is 18.2 Å². The van der Waals surface area contributed by atoms with Crippen LogP contribution in [0, 0.1) is 0 Å². The van der Waals surface area contributed by atoms with Crippen LogP contribution in [0.3, 0.4) is 0 Å². The molecule has 0 saturated heterocycles. The zero-order chi connectivity index (χ0) is 20.0. The zero-order valence-electron chi connectivity index (χ0n) is 13.6. The molecule has 1 aromatic carbocycles. The number of esters is 1. The molecular weight excluding hydrogens is 441 g/mol. The second kappa shape index (κ2) is 9.58. The second-order valence-corrected chi connectivity index (χ2v) is 8.93. The van der Waals surface area contributed by atoms with E-state index < -0.39 is 21.7 Å². The quantitative estimate of drug-likeness (QED) is 0.392. The van der Waals surface area contributed by atoms with Crippen molar-refractivity contribution in [2.45, 2.75) is 4.90 Å². The molecule has 2 rings (SSSR count). The van der Waals surface area contributed by atoms with E-state index in [0.29, 0.717) is 0 Å². The van der Waals surface area contributed by atoms with Crippen molar-refractivity contribution in [3.63, 3.8) is 0 Å². The molecule has 0 amide bonds. The van der Waals surface area contributed by atoms with Gasteiger partial charge in [-0.1, -0.05) is 23.2 Å². The molecule has 0 aliphatic carbocycles. The van der Waals surface area contributed by atoms with Gasteiger partial charge in [0.1, 0.15) is 27.2 Å². The molecule has 0 bridgehead atoms. The van der Waals surface area contributed by atoms with Gasteiger partial charge in [0.15, 0.2) is 0 Å². The Bertz CT molecular complexity index is 915. The first-order chi connectivity index (χ1) is 12.7. The van der Waals surface area contributed by atoms with Gasteiger partial charge in [-0.15, -0.1) is 11.3 Å². The highest BCUT2D eigenvalue weighted by molar-refractivity contribution is 7.93. The third kappa shape index (κ3) is 5.96. The van der Waals surface area contributed by atoms with Crippen LogP contribution in [-0.2, 0) is 19.5 Å². The Morgan fingerprint density at radius 2 is 1.93 bits per heavy atom. The highest BCUT2D eigenvalue weighted by Crippen LogP contribution is 2.35. The molecule has 0 aliphatic rings. The van der Waals surface area contributed by atoms with Crippen molar-refractivity contribution in [1.82, 2.24) is 0 Å². The maximum absolute atomic E-state index is 12.3. The van der Waals surface area contributed by atoms with Crippen LogP contribution in [0.2, 0.25) is 8.67 Å². The Hall–Kier alpha value is -1.56. The number of hydrogen-bond acceptors (Lipinski definition) is 8. The van der Waals surface area contributed by atoms with Crippen molar-refractivity contribution in [2.75, 3.05) is 31.1 Å². The predicted octanol–water partition coefficient (Wildman–Crippen LogP) is 2.73. The number of carbonyl (C=O) groups is 1. The standard InChI is InChI=1S/C15H15Cl2NO7S2/c16-13-8-12(14(17)26-13)27(22,23)18-9-1-2-10(11(20)7-9)15(21)25-6-5-24-4-3-19/h1-2,7-8,18-20H,3-6H2. The smallest absolute Gasteiger partial charge is 0.341 e. The Balaban J connectivity index is 2.05. The first kappa shape index (κ1) is 21.7. The molecule has 0 aliphatic heterocycles. The summed E-state index contributed by atoms with van der Waals surface area (Å²) in [7, 11) is -4.02. The summed E-state index contributed by atoms with van der Waals surface area (Å²) < 4.78 is 37.0. The van der Waals surface area contributed by atoms with Gasteiger partial charge in [0, 0.05) is 6.07 Å². The molecule has 0 saturated carbocycles. The summed E-state index contributed by atoms with van der Waals surface area (Å²) in [6.07, 6.45) is 0. The fourth-order valence-corrected chi connectivity index (χ4v) is 5.12. The minimum Gasteiger partial charge on any atom is -0.507 e. The maximum Gasteiger partial charge on any atom is 0.341 e. The predicted molar refractivity (Wildman–Crippen MR) is 101 cm³/mol. The topological polar surface area (TPSA) is 122 Å². The SMILES string of the molecule is O=C(OCCOCCO)c1ccc(NS(=O)(=O)c2cc(Cl)sc2Cl)cc1O. The highest BCUT2D eigenvalue weighted by Gasteiger charge is 2.22. The highest BCUT2D eigenvalue weighted by atomic mass is 35.5. The van der Waals surface area contributed by atoms with Crippen molar-refractivity contribution in [3.8, 4) is 5.75 Å².